The van der Waals surface area contributed by atoms with E-state index in [1.807, 2.05) is 0 Å². The van der Waals surface area contributed by atoms with Crippen LogP contribution in [0, 0.1) is 0 Å². The zero-order valence-corrected chi connectivity index (χ0v) is 7.72. The number of pyridine rings is 1. The fraction of sp³-hybridized carbons (Fsp3) is 0.375. The Bertz CT molecular complexity index is 302. The van der Waals surface area contributed by atoms with Crippen molar-refractivity contribution in [1.82, 2.24) is 4.98 Å². The van der Waals surface area contributed by atoms with Gasteiger partial charge in [0.15, 0.2) is 0 Å². The summed E-state index contributed by atoms with van der Waals surface area (Å²) in [7, 11) is 0. The van der Waals surface area contributed by atoms with Gasteiger partial charge in [-0.25, -0.2) is 13.8 Å². The first-order chi connectivity index (χ1) is 5.94. The molecular weight excluding hydrogens is 198 g/mol. The normalized spacial score (nSPS) is 15.8. The van der Waals surface area contributed by atoms with Crippen molar-refractivity contribution in [3.05, 3.63) is 29.0 Å². The van der Waals surface area contributed by atoms with E-state index in [4.69, 9.17) is 17.3 Å². The van der Waals surface area contributed by atoms with Gasteiger partial charge in [0, 0.05) is 0 Å². The average Bonchev–Trinajstić information content (AvgIpc) is 2.04. The van der Waals surface area contributed by atoms with Gasteiger partial charge in [-0.15, -0.1) is 0 Å². The highest BCUT2D eigenvalue weighted by Crippen LogP contribution is 2.24. The van der Waals surface area contributed by atoms with E-state index in [9.17, 15) is 8.78 Å². The number of alkyl halides is 2. The Hall–Kier alpha value is -0.740. The number of hydrogen-bond acceptors (Lipinski definition) is 2. The van der Waals surface area contributed by atoms with Crippen LogP contribution >= 0.6 is 11.6 Å². The number of rotatable bonds is 2. The lowest BCUT2D eigenvalue weighted by Gasteiger charge is -2.22. The van der Waals surface area contributed by atoms with Crippen molar-refractivity contribution in [2.24, 2.45) is 5.73 Å². The largest absolute Gasteiger partial charge is 0.316 e. The molecular formula is C8H9ClF2N2. The number of nitrogens with two attached hydrogens (primary N) is 1. The second-order valence-electron chi connectivity index (χ2n) is 2.93. The molecule has 1 aromatic rings. The van der Waals surface area contributed by atoms with Crippen LogP contribution in [0.25, 0.3) is 0 Å². The van der Waals surface area contributed by atoms with Crippen molar-refractivity contribution in [2.45, 2.75) is 18.9 Å². The average molecular weight is 207 g/mol. The van der Waals surface area contributed by atoms with Crippen LogP contribution in [0.1, 0.15) is 12.6 Å². The summed E-state index contributed by atoms with van der Waals surface area (Å²) in [4.78, 5) is 3.73. The molecule has 13 heavy (non-hydrogen) atoms. The topological polar surface area (TPSA) is 38.9 Å². The Kier molecular flexibility index (Phi) is 2.83. The van der Waals surface area contributed by atoms with E-state index in [-0.39, 0.29) is 10.8 Å². The van der Waals surface area contributed by atoms with Gasteiger partial charge in [-0.1, -0.05) is 17.7 Å². The standard InChI is InChI=1S/C8H9ClF2N2/c1-8(12,7(10)11)5-3-2-4-6(9)13-5/h2-4,7H,12H2,1H3. The highest BCUT2D eigenvalue weighted by atomic mass is 35.5. The van der Waals surface area contributed by atoms with E-state index in [2.05, 4.69) is 4.98 Å². The third-order valence-corrected chi connectivity index (χ3v) is 1.93. The molecule has 0 saturated carbocycles. The smallest absolute Gasteiger partial charge is 0.261 e. The van der Waals surface area contributed by atoms with Crippen molar-refractivity contribution in [3.8, 4) is 0 Å². The molecule has 0 aliphatic carbocycles. The zero-order valence-electron chi connectivity index (χ0n) is 6.97. The van der Waals surface area contributed by atoms with Crippen LogP contribution < -0.4 is 5.73 Å². The van der Waals surface area contributed by atoms with Gasteiger partial charge in [0.05, 0.1) is 5.69 Å². The number of aromatic nitrogens is 1. The maximum atomic E-state index is 12.4. The van der Waals surface area contributed by atoms with Crippen LogP contribution in [0.2, 0.25) is 5.15 Å². The second-order valence-corrected chi connectivity index (χ2v) is 3.32. The molecule has 0 spiro atoms. The van der Waals surface area contributed by atoms with E-state index in [0.717, 1.165) is 0 Å². The lowest BCUT2D eigenvalue weighted by atomic mass is 9.99. The molecule has 1 heterocycles. The Morgan fingerprint density at radius 2 is 2.15 bits per heavy atom. The first-order valence-electron chi connectivity index (χ1n) is 3.64. The van der Waals surface area contributed by atoms with E-state index >= 15 is 0 Å². The Morgan fingerprint density at radius 1 is 1.54 bits per heavy atom. The van der Waals surface area contributed by atoms with Crippen LogP contribution in [0.4, 0.5) is 8.78 Å². The van der Waals surface area contributed by atoms with Gasteiger partial charge in [0.25, 0.3) is 6.43 Å². The monoisotopic (exact) mass is 206 g/mol. The summed E-state index contributed by atoms with van der Waals surface area (Å²) in [6.45, 7) is 1.22. The third kappa shape index (κ3) is 2.14. The lowest BCUT2D eigenvalue weighted by Crippen LogP contribution is -2.41. The molecule has 0 aliphatic heterocycles. The molecule has 72 valence electrons. The van der Waals surface area contributed by atoms with E-state index in [0.29, 0.717) is 0 Å². The van der Waals surface area contributed by atoms with Gasteiger partial charge in [-0.3, -0.25) is 0 Å². The van der Waals surface area contributed by atoms with Crippen LogP contribution in [0.15, 0.2) is 18.2 Å². The minimum atomic E-state index is -2.67. The lowest BCUT2D eigenvalue weighted by molar-refractivity contribution is 0.0602. The number of halogens is 3. The molecule has 1 rings (SSSR count). The molecule has 1 atom stereocenters. The van der Waals surface area contributed by atoms with Gasteiger partial charge >= 0.3 is 0 Å². The van der Waals surface area contributed by atoms with Crippen molar-refractivity contribution in [1.29, 1.82) is 0 Å². The fourth-order valence-electron chi connectivity index (χ4n) is 0.820. The summed E-state index contributed by atoms with van der Waals surface area (Å²) < 4.78 is 24.8. The minimum Gasteiger partial charge on any atom is -0.316 e. The zero-order chi connectivity index (χ0) is 10.1. The van der Waals surface area contributed by atoms with E-state index < -0.39 is 12.0 Å². The summed E-state index contributed by atoms with van der Waals surface area (Å²) in [6.07, 6.45) is -2.67. The number of nitrogens with zero attached hydrogens (tertiary/aromatic N) is 1. The van der Waals surface area contributed by atoms with Crippen molar-refractivity contribution in [3.63, 3.8) is 0 Å². The predicted molar refractivity (Wildman–Crippen MR) is 46.8 cm³/mol. The molecule has 2 nitrogen and oxygen atoms in total. The molecule has 2 N–H and O–H groups in total. The maximum absolute atomic E-state index is 12.4. The van der Waals surface area contributed by atoms with Gasteiger partial charge in [0.2, 0.25) is 0 Å². The summed E-state index contributed by atoms with van der Waals surface area (Å²) in [5, 5.41) is 0.162. The molecule has 0 radical (unpaired) electrons. The van der Waals surface area contributed by atoms with Crippen LogP contribution in [0.5, 0.6) is 0 Å². The maximum Gasteiger partial charge on any atom is 0.261 e. The Morgan fingerprint density at radius 3 is 2.62 bits per heavy atom. The molecule has 0 aliphatic rings. The summed E-state index contributed by atoms with van der Waals surface area (Å²) in [5.74, 6) is 0. The predicted octanol–water partition coefficient (Wildman–Crippen LogP) is 2.17. The number of hydrogen-bond donors (Lipinski definition) is 1. The highest BCUT2D eigenvalue weighted by molar-refractivity contribution is 6.29. The fourth-order valence-corrected chi connectivity index (χ4v) is 0.984. The summed E-state index contributed by atoms with van der Waals surface area (Å²) in [5.41, 5.74) is 3.73. The van der Waals surface area contributed by atoms with Crippen LogP contribution in [-0.2, 0) is 5.54 Å². The van der Waals surface area contributed by atoms with Crippen molar-refractivity contribution in [2.75, 3.05) is 0 Å². The van der Waals surface area contributed by atoms with Crippen molar-refractivity contribution < 1.29 is 8.78 Å². The molecule has 0 bridgehead atoms. The van der Waals surface area contributed by atoms with Gasteiger partial charge in [-0.2, -0.15) is 0 Å². The van der Waals surface area contributed by atoms with Gasteiger partial charge < -0.3 is 5.73 Å². The van der Waals surface area contributed by atoms with E-state index in [1.165, 1.54) is 25.1 Å². The van der Waals surface area contributed by atoms with Gasteiger partial charge in [-0.05, 0) is 19.1 Å². The SMILES string of the molecule is CC(N)(c1cccc(Cl)n1)C(F)F. The van der Waals surface area contributed by atoms with Crippen molar-refractivity contribution >= 4 is 11.6 Å². The minimum absolute atomic E-state index is 0.0926. The molecule has 0 aromatic carbocycles. The molecule has 1 aromatic heterocycles. The van der Waals surface area contributed by atoms with Crippen LogP contribution in [0.3, 0.4) is 0 Å². The highest BCUT2D eigenvalue weighted by Gasteiger charge is 2.33. The first-order valence-corrected chi connectivity index (χ1v) is 4.02. The molecule has 0 saturated heterocycles. The van der Waals surface area contributed by atoms with Crippen LogP contribution in [-0.4, -0.2) is 11.4 Å². The van der Waals surface area contributed by atoms with E-state index in [1.54, 1.807) is 0 Å². The summed E-state index contributed by atoms with van der Waals surface area (Å²) in [6, 6.07) is 4.48. The molecule has 1 unspecified atom stereocenters. The molecule has 5 heteroatoms. The second kappa shape index (κ2) is 3.55. The third-order valence-electron chi connectivity index (χ3n) is 1.72. The molecule has 0 amide bonds. The quantitative estimate of drug-likeness (QED) is 0.754. The Balaban J connectivity index is 3.07. The molecule has 0 fully saturated rings. The Labute approximate surface area is 79.7 Å². The first kappa shape index (κ1) is 10.3. The summed E-state index contributed by atoms with van der Waals surface area (Å²) >= 11 is 5.54. The van der Waals surface area contributed by atoms with Gasteiger partial charge in [0.1, 0.15) is 10.7 Å².